The molecule has 0 N–H and O–H groups in total. The van der Waals surface area contributed by atoms with Crippen molar-refractivity contribution >= 4 is 16.9 Å². The third-order valence-electron chi connectivity index (χ3n) is 3.47. The van der Waals surface area contributed by atoms with Gasteiger partial charge in [0.2, 0.25) is 0 Å². The first-order chi connectivity index (χ1) is 11.1. The van der Waals surface area contributed by atoms with Gasteiger partial charge in [-0.15, -0.1) is 0 Å². The molecule has 0 aliphatic carbocycles. The van der Waals surface area contributed by atoms with Crippen LogP contribution in [-0.4, -0.2) is 25.0 Å². The lowest BCUT2D eigenvalue weighted by Gasteiger charge is -2.15. The van der Waals surface area contributed by atoms with Crippen molar-refractivity contribution in [3.05, 3.63) is 64.4 Å². The summed E-state index contributed by atoms with van der Waals surface area (Å²) in [7, 11) is 3.13. The monoisotopic (exact) mass is 313 g/mol. The van der Waals surface area contributed by atoms with Crippen molar-refractivity contribution in [3.63, 3.8) is 0 Å². The molecule has 118 valence electrons. The molecule has 2 heterocycles. The molecule has 3 rings (SSSR count). The number of carbonyl (C=O) groups excluding carboxylic acids is 1. The third kappa shape index (κ3) is 2.96. The van der Waals surface area contributed by atoms with Gasteiger partial charge in [0.1, 0.15) is 17.1 Å². The molecule has 0 radical (unpaired) electrons. The molecule has 0 atom stereocenters. The number of carbonyl (C=O) groups is 1. The van der Waals surface area contributed by atoms with Crippen LogP contribution in [0.4, 0.5) is 0 Å². The van der Waals surface area contributed by atoms with Crippen LogP contribution in [0.1, 0.15) is 16.3 Å². The van der Waals surface area contributed by atoms with Crippen LogP contribution in [0.25, 0.3) is 11.0 Å². The summed E-state index contributed by atoms with van der Waals surface area (Å²) in [6.45, 7) is 0.283. The van der Waals surface area contributed by atoms with Crippen LogP contribution in [0, 0.1) is 0 Å². The van der Waals surface area contributed by atoms with E-state index in [2.05, 4.69) is 0 Å². The van der Waals surface area contributed by atoms with Gasteiger partial charge < -0.3 is 18.5 Å². The predicted molar refractivity (Wildman–Crippen MR) is 83.5 cm³/mol. The van der Waals surface area contributed by atoms with Crippen molar-refractivity contribution in [2.24, 2.45) is 0 Å². The average Bonchev–Trinajstić information content (AvgIpc) is 3.06. The third-order valence-corrected chi connectivity index (χ3v) is 3.47. The number of hydrogen-bond donors (Lipinski definition) is 0. The Balaban J connectivity index is 1.95. The highest BCUT2D eigenvalue weighted by Crippen LogP contribution is 2.20. The highest BCUT2D eigenvalue weighted by molar-refractivity contribution is 5.93. The Kier molecular flexibility index (Phi) is 3.89. The normalized spacial score (nSPS) is 10.7. The van der Waals surface area contributed by atoms with Gasteiger partial charge in [0.05, 0.1) is 25.3 Å². The van der Waals surface area contributed by atoms with E-state index in [0.717, 1.165) is 0 Å². The highest BCUT2D eigenvalue weighted by atomic mass is 16.5. The summed E-state index contributed by atoms with van der Waals surface area (Å²) in [5.41, 5.74) is 0.0373. The fourth-order valence-corrected chi connectivity index (χ4v) is 2.26. The van der Waals surface area contributed by atoms with Crippen LogP contribution >= 0.6 is 0 Å². The molecule has 0 bridgehead atoms. The van der Waals surface area contributed by atoms with Crippen molar-refractivity contribution in [3.8, 4) is 5.75 Å². The van der Waals surface area contributed by atoms with Gasteiger partial charge in [0.25, 0.3) is 5.91 Å². The largest absolute Gasteiger partial charge is 0.497 e. The molecular weight excluding hydrogens is 298 g/mol. The Bertz CT molecular complexity index is 895. The number of nitrogens with zero attached hydrogens (tertiary/aromatic N) is 1. The lowest BCUT2D eigenvalue weighted by Crippen LogP contribution is -2.26. The molecule has 6 nitrogen and oxygen atoms in total. The number of fused-ring (bicyclic) bond motifs is 1. The van der Waals surface area contributed by atoms with Gasteiger partial charge in [-0.1, -0.05) is 0 Å². The smallest absolute Gasteiger partial charge is 0.289 e. The van der Waals surface area contributed by atoms with Crippen LogP contribution in [0.3, 0.4) is 0 Å². The van der Waals surface area contributed by atoms with Crippen LogP contribution in [0.15, 0.2) is 56.3 Å². The molecule has 0 fully saturated rings. The zero-order valence-electron chi connectivity index (χ0n) is 12.7. The molecule has 1 aromatic carbocycles. The fraction of sp³-hybridized carbons (Fsp3) is 0.176. The van der Waals surface area contributed by atoms with Gasteiger partial charge in [-0.25, -0.2) is 0 Å². The molecule has 0 unspecified atom stereocenters. The maximum atomic E-state index is 12.4. The van der Waals surface area contributed by atoms with Crippen LogP contribution in [0.2, 0.25) is 0 Å². The van der Waals surface area contributed by atoms with E-state index in [9.17, 15) is 9.59 Å². The number of hydrogen-bond acceptors (Lipinski definition) is 5. The molecule has 6 heteroatoms. The van der Waals surface area contributed by atoms with Gasteiger partial charge in [-0.2, -0.15) is 0 Å². The second-order valence-corrected chi connectivity index (χ2v) is 5.08. The van der Waals surface area contributed by atoms with Gasteiger partial charge >= 0.3 is 0 Å². The second kappa shape index (κ2) is 6.00. The zero-order valence-corrected chi connectivity index (χ0v) is 12.7. The summed E-state index contributed by atoms with van der Waals surface area (Å²) in [5, 5.41) is 0.399. The maximum absolute atomic E-state index is 12.4. The Hall–Kier alpha value is -3.02. The Morgan fingerprint density at radius 2 is 2.09 bits per heavy atom. The number of methoxy groups -OCH3 is 1. The maximum Gasteiger partial charge on any atom is 0.289 e. The quantitative estimate of drug-likeness (QED) is 0.740. The Labute approximate surface area is 131 Å². The van der Waals surface area contributed by atoms with E-state index >= 15 is 0 Å². The summed E-state index contributed by atoms with van der Waals surface area (Å²) in [4.78, 5) is 26.0. The molecule has 1 amide bonds. The highest BCUT2D eigenvalue weighted by Gasteiger charge is 2.18. The molecular formula is C17H15NO5. The van der Waals surface area contributed by atoms with E-state index in [1.807, 2.05) is 0 Å². The Morgan fingerprint density at radius 1 is 1.26 bits per heavy atom. The summed E-state index contributed by atoms with van der Waals surface area (Å²) < 4.78 is 15.9. The first-order valence-corrected chi connectivity index (χ1v) is 6.98. The molecule has 23 heavy (non-hydrogen) atoms. The first kappa shape index (κ1) is 14.9. The van der Waals surface area contributed by atoms with E-state index in [4.69, 9.17) is 13.6 Å². The summed E-state index contributed by atoms with van der Waals surface area (Å²) >= 11 is 0. The van der Waals surface area contributed by atoms with E-state index in [-0.39, 0.29) is 17.7 Å². The van der Waals surface area contributed by atoms with Gasteiger partial charge in [0, 0.05) is 19.2 Å². The van der Waals surface area contributed by atoms with Crippen molar-refractivity contribution in [2.45, 2.75) is 6.54 Å². The second-order valence-electron chi connectivity index (χ2n) is 5.08. The molecule has 2 aromatic heterocycles. The van der Waals surface area contributed by atoms with E-state index in [0.29, 0.717) is 22.5 Å². The number of benzene rings is 1. The lowest BCUT2D eigenvalue weighted by atomic mass is 10.2. The topological polar surface area (TPSA) is 72.9 Å². The zero-order chi connectivity index (χ0) is 16.4. The molecule has 0 aliphatic heterocycles. The molecule has 0 saturated heterocycles. The summed E-state index contributed by atoms with van der Waals surface area (Å²) in [5.74, 6) is 0.771. The number of amides is 1. The van der Waals surface area contributed by atoms with Gasteiger partial charge in [-0.3, -0.25) is 9.59 Å². The van der Waals surface area contributed by atoms with E-state index in [1.165, 1.54) is 24.3 Å². The summed E-state index contributed by atoms with van der Waals surface area (Å²) in [6.07, 6.45) is 1.54. The minimum absolute atomic E-state index is 0.0233. The molecule has 0 aliphatic rings. The molecule has 3 aromatic rings. The Morgan fingerprint density at radius 3 is 2.78 bits per heavy atom. The molecule has 0 spiro atoms. The van der Waals surface area contributed by atoms with Crippen LogP contribution in [-0.2, 0) is 6.54 Å². The van der Waals surface area contributed by atoms with Gasteiger partial charge in [0.15, 0.2) is 11.2 Å². The number of furan rings is 1. The van der Waals surface area contributed by atoms with Crippen molar-refractivity contribution in [1.29, 1.82) is 0 Å². The predicted octanol–water partition coefficient (Wildman–Crippen LogP) is 2.67. The number of rotatable bonds is 4. The average molecular weight is 313 g/mol. The minimum Gasteiger partial charge on any atom is -0.497 e. The molecule has 0 saturated carbocycles. The minimum atomic E-state index is -0.400. The number of ether oxygens (including phenoxy) is 1. The van der Waals surface area contributed by atoms with Crippen molar-refractivity contribution < 1.29 is 18.4 Å². The van der Waals surface area contributed by atoms with Crippen LogP contribution < -0.4 is 10.2 Å². The first-order valence-electron chi connectivity index (χ1n) is 6.98. The van der Waals surface area contributed by atoms with E-state index in [1.54, 1.807) is 37.4 Å². The lowest BCUT2D eigenvalue weighted by molar-refractivity contribution is 0.0744. The van der Waals surface area contributed by atoms with Crippen molar-refractivity contribution in [1.82, 2.24) is 4.90 Å². The standard InChI is InChI=1S/C17H15NO5/c1-18(10-12-4-3-7-22-12)17(20)16-9-14(19)13-6-5-11(21-2)8-15(13)23-16/h3-9H,10H2,1-2H3. The fourth-order valence-electron chi connectivity index (χ4n) is 2.26. The van der Waals surface area contributed by atoms with E-state index < -0.39 is 5.91 Å². The summed E-state index contributed by atoms with van der Waals surface area (Å²) in [6, 6.07) is 9.59. The van der Waals surface area contributed by atoms with Crippen LogP contribution in [0.5, 0.6) is 5.75 Å². The SMILES string of the molecule is COc1ccc2c(=O)cc(C(=O)N(C)Cc3ccco3)oc2c1. The van der Waals surface area contributed by atoms with Gasteiger partial charge in [-0.05, 0) is 24.3 Å². The van der Waals surface area contributed by atoms with Crippen molar-refractivity contribution in [2.75, 3.05) is 14.2 Å².